The third-order valence-corrected chi connectivity index (χ3v) is 6.58. The molecule has 184 valence electrons. The fourth-order valence-corrected chi connectivity index (χ4v) is 4.47. The maximum atomic E-state index is 10.5. The number of anilines is 3. The van der Waals surface area contributed by atoms with Crippen LogP contribution in [0.25, 0.3) is 0 Å². The van der Waals surface area contributed by atoms with Gasteiger partial charge >= 0.3 is 5.97 Å². The highest BCUT2D eigenvalue weighted by atomic mass is 16.5. The van der Waals surface area contributed by atoms with Gasteiger partial charge in [-0.25, -0.2) is 4.79 Å². The molecule has 35 heavy (non-hydrogen) atoms. The fraction of sp³-hybridized carbons (Fsp3) is 0.357. The molecule has 0 amide bonds. The molecule has 0 bridgehead atoms. The number of aryl methyl sites for hydroxylation is 1. The maximum Gasteiger partial charge on any atom is 0.337 e. The number of nitrogens with zero attached hydrogens (tertiary/aromatic N) is 2. The molecular weight excluding hydrogens is 442 g/mol. The smallest absolute Gasteiger partial charge is 0.337 e. The summed E-state index contributed by atoms with van der Waals surface area (Å²) in [5.74, 6) is 0.747. The molecule has 2 aliphatic rings. The number of aromatic nitrogens is 1. The van der Waals surface area contributed by atoms with E-state index in [-0.39, 0.29) is 5.56 Å². The van der Waals surface area contributed by atoms with E-state index in [1.807, 2.05) is 0 Å². The van der Waals surface area contributed by atoms with Gasteiger partial charge in [-0.05, 0) is 67.0 Å². The summed E-state index contributed by atoms with van der Waals surface area (Å²) in [5.41, 5.74) is 5.91. The zero-order chi connectivity index (χ0) is 24.6. The van der Waals surface area contributed by atoms with Gasteiger partial charge in [0.15, 0.2) is 0 Å². The maximum absolute atomic E-state index is 10.5. The number of aromatic carboxylic acids is 1. The number of carbonyl (C=O) groups is 1. The van der Waals surface area contributed by atoms with Crippen molar-refractivity contribution in [3.05, 3.63) is 77.6 Å². The minimum Gasteiger partial charge on any atom is -0.493 e. The number of ether oxygens (including phenoxy) is 2. The van der Waals surface area contributed by atoms with E-state index in [0.29, 0.717) is 11.6 Å². The normalized spacial score (nSPS) is 15.1. The highest BCUT2D eigenvalue weighted by Gasteiger charge is 2.17. The molecule has 5 rings (SSSR count). The Morgan fingerprint density at radius 3 is 2.49 bits per heavy atom. The fourth-order valence-electron chi connectivity index (χ4n) is 4.47. The van der Waals surface area contributed by atoms with Crippen LogP contribution in [-0.4, -0.2) is 50.0 Å². The number of hydrogen-bond acceptors (Lipinski definition) is 6. The molecule has 0 unspecified atom stereocenters. The second-order valence-corrected chi connectivity index (χ2v) is 8.76. The van der Waals surface area contributed by atoms with E-state index in [9.17, 15) is 4.79 Å². The lowest BCUT2D eigenvalue weighted by atomic mass is 9.91. The third-order valence-electron chi connectivity index (χ3n) is 6.58. The zero-order valence-electron chi connectivity index (χ0n) is 20.4. The SMILES string of the molecule is CN(c1ccc(C2CCOCC2)cc1)c1ccc2c(c1)OCCC2.CNc1cnccc1C(=O)O. The van der Waals surface area contributed by atoms with Crippen molar-refractivity contribution < 1.29 is 19.4 Å². The molecule has 0 aliphatic carbocycles. The van der Waals surface area contributed by atoms with Gasteiger partial charge in [-0.1, -0.05) is 18.2 Å². The lowest BCUT2D eigenvalue weighted by molar-refractivity contribution is 0.0697. The molecule has 1 aromatic heterocycles. The molecule has 3 aromatic rings. The Hall–Kier alpha value is -3.58. The molecule has 2 aliphatic heterocycles. The highest BCUT2D eigenvalue weighted by Crippen LogP contribution is 2.33. The molecule has 2 N–H and O–H groups in total. The van der Waals surface area contributed by atoms with Crippen LogP contribution in [0.15, 0.2) is 60.9 Å². The van der Waals surface area contributed by atoms with E-state index < -0.39 is 5.97 Å². The van der Waals surface area contributed by atoms with Crippen LogP contribution >= 0.6 is 0 Å². The predicted octanol–water partition coefficient (Wildman–Crippen LogP) is 5.50. The Balaban J connectivity index is 0.000000221. The molecule has 0 spiro atoms. The Bertz CT molecular complexity index is 1130. The van der Waals surface area contributed by atoms with Crippen molar-refractivity contribution in [3.63, 3.8) is 0 Å². The third kappa shape index (κ3) is 6.11. The summed E-state index contributed by atoms with van der Waals surface area (Å²) in [5, 5.41) is 11.4. The second-order valence-electron chi connectivity index (χ2n) is 8.76. The van der Waals surface area contributed by atoms with Gasteiger partial charge in [0.1, 0.15) is 5.75 Å². The Labute approximate surface area is 206 Å². The van der Waals surface area contributed by atoms with Crippen molar-refractivity contribution in [1.82, 2.24) is 4.98 Å². The first-order chi connectivity index (χ1) is 17.1. The Kier molecular flexibility index (Phi) is 8.21. The summed E-state index contributed by atoms with van der Waals surface area (Å²) in [4.78, 5) is 16.5. The van der Waals surface area contributed by atoms with Gasteiger partial charge in [-0.3, -0.25) is 4.98 Å². The van der Waals surface area contributed by atoms with E-state index >= 15 is 0 Å². The number of rotatable bonds is 5. The monoisotopic (exact) mass is 475 g/mol. The summed E-state index contributed by atoms with van der Waals surface area (Å²) in [6.45, 7) is 2.61. The predicted molar refractivity (Wildman–Crippen MR) is 138 cm³/mol. The van der Waals surface area contributed by atoms with Crippen LogP contribution in [0.1, 0.15) is 46.7 Å². The molecule has 0 radical (unpaired) electrons. The van der Waals surface area contributed by atoms with Gasteiger partial charge in [-0.2, -0.15) is 0 Å². The number of carboxylic acid groups (broad SMARTS) is 1. The average Bonchev–Trinajstić information content (AvgIpc) is 2.93. The first-order valence-corrected chi connectivity index (χ1v) is 12.1. The molecule has 0 saturated carbocycles. The van der Waals surface area contributed by atoms with E-state index in [2.05, 4.69) is 64.7 Å². The number of benzene rings is 2. The topological polar surface area (TPSA) is 83.9 Å². The minimum absolute atomic E-state index is 0.238. The summed E-state index contributed by atoms with van der Waals surface area (Å²) < 4.78 is 11.3. The van der Waals surface area contributed by atoms with Gasteiger partial charge in [0.25, 0.3) is 0 Å². The molecule has 1 saturated heterocycles. The van der Waals surface area contributed by atoms with Crippen LogP contribution in [0, 0.1) is 0 Å². The van der Waals surface area contributed by atoms with Crippen LogP contribution in [0.5, 0.6) is 5.75 Å². The first kappa shape index (κ1) is 24.5. The van der Waals surface area contributed by atoms with Gasteiger partial charge in [0.05, 0.1) is 24.1 Å². The molecule has 0 atom stereocenters. The average molecular weight is 476 g/mol. The minimum atomic E-state index is -0.947. The first-order valence-electron chi connectivity index (χ1n) is 12.1. The van der Waals surface area contributed by atoms with Crippen LogP contribution in [0.4, 0.5) is 17.1 Å². The van der Waals surface area contributed by atoms with Crippen LogP contribution in [0.3, 0.4) is 0 Å². The van der Waals surface area contributed by atoms with Crippen molar-refractivity contribution in [3.8, 4) is 5.75 Å². The van der Waals surface area contributed by atoms with Crippen molar-refractivity contribution in [2.24, 2.45) is 0 Å². The number of hydrogen-bond donors (Lipinski definition) is 2. The number of carboxylic acids is 1. The van der Waals surface area contributed by atoms with E-state index in [4.69, 9.17) is 14.6 Å². The Morgan fingerprint density at radius 1 is 1.06 bits per heavy atom. The Morgan fingerprint density at radius 2 is 1.80 bits per heavy atom. The second kappa shape index (κ2) is 11.7. The number of nitrogens with one attached hydrogen (secondary N) is 1. The van der Waals surface area contributed by atoms with Crippen molar-refractivity contribution in [2.75, 3.05) is 44.1 Å². The summed E-state index contributed by atoms with van der Waals surface area (Å²) in [6.07, 6.45) is 7.44. The van der Waals surface area contributed by atoms with Crippen LogP contribution < -0.4 is 15.0 Å². The van der Waals surface area contributed by atoms with E-state index in [0.717, 1.165) is 51.3 Å². The largest absolute Gasteiger partial charge is 0.493 e. The van der Waals surface area contributed by atoms with Crippen molar-refractivity contribution in [2.45, 2.75) is 31.6 Å². The molecule has 7 heteroatoms. The summed E-state index contributed by atoms with van der Waals surface area (Å²) in [6, 6.07) is 17.0. The van der Waals surface area contributed by atoms with Crippen molar-refractivity contribution >= 4 is 23.0 Å². The van der Waals surface area contributed by atoms with Gasteiger partial charge in [0.2, 0.25) is 0 Å². The van der Waals surface area contributed by atoms with Crippen LogP contribution in [0.2, 0.25) is 0 Å². The van der Waals surface area contributed by atoms with Gasteiger partial charge < -0.3 is 24.8 Å². The molecule has 1 fully saturated rings. The summed E-state index contributed by atoms with van der Waals surface area (Å²) in [7, 11) is 3.78. The summed E-state index contributed by atoms with van der Waals surface area (Å²) >= 11 is 0. The highest BCUT2D eigenvalue weighted by molar-refractivity contribution is 5.93. The van der Waals surface area contributed by atoms with E-state index in [1.54, 1.807) is 7.05 Å². The molecule has 7 nitrogen and oxygen atoms in total. The van der Waals surface area contributed by atoms with Crippen LogP contribution in [-0.2, 0) is 11.2 Å². The van der Waals surface area contributed by atoms with Gasteiger partial charge in [-0.15, -0.1) is 0 Å². The number of fused-ring (bicyclic) bond motifs is 1. The number of pyridine rings is 1. The zero-order valence-corrected chi connectivity index (χ0v) is 20.4. The van der Waals surface area contributed by atoms with E-state index in [1.165, 1.54) is 41.0 Å². The van der Waals surface area contributed by atoms with Gasteiger partial charge in [0, 0.05) is 50.9 Å². The lowest BCUT2D eigenvalue weighted by Crippen LogP contribution is -2.15. The molecule has 3 heterocycles. The molecular formula is C28H33N3O4. The lowest BCUT2D eigenvalue weighted by Gasteiger charge is -2.25. The van der Waals surface area contributed by atoms with Crippen molar-refractivity contribution in [1.29, 1.82) is 0 Å². The standard InChI is InChI=1S/C21H25NO2.C7H8N2O2/c1-22(20-9-6-18-3-2-12-24-21(18)15-20)19-7-4-16(5-8-19)17-10-13-23-14-11-17;1-8-6-4-9-3-2-5(6)7(10)11/h4-9,15,17H,2-3,10-14H2,1H3;2-4,8H,1H3,(H,10,11). The quantitative estimate of drug-likeness (QED) is 0.504. The molecule has 2 aromatic carbocycles.